The first-order valence-electron chi connectivity index (χ1n) is 7.25. The van der Waals surface area contributed by atoms with Gasteiger partial charge in [-0.05, 0) is 56.0 Å². The van der Waals surface area contributed by atoms with Crippen LogP contribution < -0.4 is 5.73 Å². The Bertz CT molecular complexity index is 646. The highest BCUT2D eigenvalue weighted by Crippen LogP contribution is 2.26. The molecule has 5 nitrogen and oxygen atoms in total. The number of fused-ring (bicyclic) bond motifs is 1. The SMILES string of the molecule is Cc1cc2c(cc1C(=O)O)c(CCCN)cn2CCCO. The fraction of sp³-hybridized carbons (Fsp3) is 0.438. The van der Waals surface area contributed by atoms with Gasteiger partial charge >= 0.3 is 5.97 Å². The third kappa shape index (κ3) is 3.25. The van der Waals surface area contributed by atoms with Gasteiger partial charge in [0.2, 0.25) is 0 Å². The number of aromatic nitrogens is 1. The Morgan fingerprint density at radius 3 is 2.71 bits per heavy atom. The van der Waals surface area contributed by atoms with Gasteiger partial charge in [0.25, 0.3) is 0 Å². The van der Waals surface area contributed by atoms with Crippen molar-refractivity contribution in [2.24, 2.45) is 5.73 Å². The summed E-state index contributed by atoms with van der Waals surface area (Å²) in [5.41, 5.74) is 8.82. The molecule has 0 bridgehead atoms. The number of carboxylic acids is 1. The second-order valence-electron chi connectivity index (χ2n) is 5.31. The third-order valence-corrected chi connectivity index (χ3v) is 3.75. The minimum absolute atomic E-state index is 0.143. The fourth-order valence-corrected chi connectivity index (χ4v) is 2.66. The first kappa shape index (κ1) is 15.5. The van der Waals surface area contributed by atoms with E-state index in [0.717, 1.165) is 41.4 Å². The number of carboxylic acid groups (broad SMARTS) is 1. The number of hydrogen-bond donors (Lipinski definition) is 3. The molecule has 21 heavy (non-hydrogen) atoms. The molecule has 0 saturated carbocycles. The lowest BCUT2D eigenvalue weighted by Crippen LogP contribution is -2.02. The van der Waals surface area contributed by atoms with Gasteiger partial charge in [0.15, 0.2) is 0 Å². The van der Waals surface area contributed by atoms with Crippen LogP contribution in [0.3, 0.4) is 0 Å². The zero-order valence-electron chi connectivity index (χ0n) is 12.3. The van der Waals surface area contributed by atoms with E-state index in [-0.39, 0.29) is 6.61 Å². The van der Waals surface area contributed by atoms with Crippen LogP contribution in [0.4, 0.5) is 0 Å². The summed E-state index contributed by atoms with van der Waals surface area (Å²) in [5.74, 6) is -0.901. The molecule has 2 rings (SSSR count). The Morgan fingerprint density at radius 2 is 2.10 bits per heavy atom. The molecule has 4 N–H and O–H groups in total. The summed E-state index contributed by atoms with van der Waals surface area (Å²) in [6.07, 6.45) is 4.44. The molecule has 114 valence electrons. The molecule has 0 amide bonds. The summed E-state index contributed by atoms with van der Waals surface area (Å²) in [7, 11) is 0. The molecule has 5 heteroatoms. The Kier molecular flexibility index (Phi) is 4.98. The summed E-state index contributed by atoms with van der Waals surface area (Å²) in [6.45, 7) is 3.29. The second kappa shape index (κ2) is 6.74. The van der Waals surface area contributed by atoms with Crippen LogP contribution in [0, 0.1) is 6.92 Å². The number of hydrogen-bond acceptors (Lipinski definition) is 3. The number of aliphatic hydroxyl groups excluding tert-OH is 1. The van der Waals surface area contributed by atoms with E-state index in [2.05, 4.69) is 10.8 Å². The second-order valence-corrected chi connectivity index (χ2v) is 5.31. The number of aryl methyl sites for hydroxylation is 3. The molecule has 0 spiro atoms. The van der Waals surface area contributed by atoms with Crippen LogP contribution in [0.1, 0.15) is 34.3 Å². The predicted molar refractivity (Wildman–Crippen MR) is 82.7 cm³/mol. The number of aromatic carboxylic acids is 1. The van der Waals surface area contributed by atoms with E-state index in [0.29, 0.717) is 18.5 Å². The molecule has 2 aromatic rings. The molecule has 1 aromatic carbocycles. The quantitative estimate of drug-likeness (QED) is 0.727. The van der Waals surface area contributed by atoms with Crippen molar-refractivity contribution in [2.45, 2.75) is 32.7 Å². The van der Waals surface area contributed by atoms with Crippen molar-refractivity contribution in [3.8, 4) is 0 Å². The van der Waals surface area contributed by atoms with Crippen molar-refractivity contribution in [3.63, 3.8) is 0 Å². The maximum atomic E-state index is 11.3. The molecule has 0 aliphatic heterocycles. The first-order chi connectivity index (χ1) is 10.1. The summed E-state index contributed by atoms with van der Waals surface area (Å²) >= 11 is 0. The molecule has 0 atom stereocenters. The van der Waals surface area contributed by atoms with E-state index in [9.17, 15) is 9.90 Å². The van der Waals surface area contributed by atoms with Gasteiger partial charge in [-0.25, -0.2) is 4.79 Å². The minimum Gasteiger partial charge on any atom is -0.478 e. The Hall–Kier alpha value is -1.85. The predicted octanol–water partition coefficient (Wildman–Crippen LogP) is 1.92. The number of benzene rings is 1. The summed E-state index contributed by atoms with van der Waals surface area (Å²) < 4.78 is 2.09. The van der Waals surface area contributed by atoms with Crippen LogP contribution in [0.2, 0.25) is 0 Å². The molecule has 1 aromatic heterocycles. The molecular weight excluding hydrogens is 268 g/mol. The van der Waals surface area contributed by atoms with Gasteiger partial charge in [-0.1, -0.05) is 0 Å². The highest BCUT2D eigenvalue weighted by molar-refractivity contribution is 5.96. The molecule has 0 radical (unpaired) electrons. The van der Waals surface area contributed by atoms with Crippen molar-refractivity contribution in [1.29, 1.82) is 0 Å². The zero-order valence-corrected chi connectivity index (χ0v) is 12.3. The molecule has 0 fully saturated rings. The smallest absolute Gasteiger partial charge is 0.335 e. The van der Waals surface area contributed by atoms with Crippen LogP contribution in [0.15, 0.2) is 18.3 Å². The highest BCUT2D eigenvalue weighted by Gasteiger charge is 2.14. The van der Waals surface area contributed by atoms with Crippen molar-refractivity contribution in [3.05, 3.63) is 35.0 Å². The summed E-state index contributed by atoms with van der Waals surface area (Å²) in [5, 5.41) is 19.3. The lowest BCUT2D eigenvalue weighted by Gasteiger charge is -2.06. The largest absolute Gasteiger partial charge is 0.478 e. The van der Waals surface area contributed by atoms with Gasteiger partial charge in [0, 0.05) is 30.3 Å². The molecule has 1 heterocycles. The van der Waals surface area contributed by atoms with Crippen molar-refractivity contribution < 1.29 is 15.0 Å². The Morgan fingerprint density at radius 1 is 1.33 bits per heavy atom. The van der Waals surface area contributed by atoms with E-state index in [4.69, 9.17) is 10.8 Å². The van der Waals surface area contributed by atoms with Crippen LogP contribution in [0.25, 0.3) is 10.9 Å². The van der Waals surface area contributed by atoms with Crippen molar-refractivity contribution in [2.75, 3.05) is 13.2 Å². The number of carbonyl (C=O) groups is 1. The van der Waals surface area contributed by atoms with Gasteiger partial charge in [-0.2, -0.15) is 0 Å². The van der Waals surface area contributed by atoms with E-state index in [1.54, 1.807) is 6.07 Å². The van der Waals surface area contributed by atoms with Crippen LogP contribution in [-0.4, -0.2) is 33.9 Å². The van der Waals surface area contributed by atoms with Gasteiger partial charge in [0.05, 0.1) is 5.56 Å². The minimum atomic E-state index is -0.901. The highest BCUT2D eigenvalue weighted by atomic mass is 16.4. The zero-order chi connectivity index (χ0) is 15.4. The van der Waals surface area contributed by atoms with E-state index >= 15 is 0 Å². The summed E-state index contributed by atoms with van der Waals surface area (Å²) in [6, 6.07) is 3.68. The topological polar surface area (TPSA) is 88.5 Å². The number of nitrogens with zero attached hydrogens (tertiary/aromatic N) is 1. The lowest BCUT2D eigenvalue weighted by atomic mass is 10.0. The van der Waals surface area contributed by atoms with Crippen molar-refractivity contribution in [1.82, 2.24) is 4.57 Å². The van der Waals surface area contributed by atoms with Crippen LogP contribution in [-0.2, 0) is 13.0 Å². The van der Waals surface area contributed by atoms with Gasteiger partial charge < -0.3 is 20.5 Å². The normalized spacial score (nSPS) is 11.2. The number of nitrogens with two attached hydrogens (primary N) is 1. The van der Waals surface area contributed by atoms with Crippen LogP contribution >= 0.6 is 0 Å². The average molecular weight is 290 g/mol. The first-order valence-corrected chi connectivity index (χ1v) is 7.25. The van der Waals surface area contributed by atoms with Crippen LogP contribution in [0.5, 0.6) is 0 Å². The standard InChI is InChI=1S/C16H22N2O3/c1-11-8-15-14(9-13(11)16(20)21)12(4-2-5-17)10-18(15)6-3-7-19/h8-10,19H,2-7,17H2,1H3,(H,20,21). The molecule has 0 saturated heterocycles. The third-order valence-electron chi connectivity index (χ3n) is 3.75. The monoisotopic (exact) mass is 290 g/mol. The van der Waals surface area contributed by atoms with E-state index in [1.807, 2.05) is 13.0 Å². The van der Waals surface area contributed by atoms with E-state index in [1.165, 1.54) is 0 Å². The van der Waals surface area contributed by atoms with Gasteiger partial charge in [-0.15, -0.1) is 0 Å². The molecule has 0 unspecified atom stereocenters. The fourth-order valence-electron chi connectivity index (χ4n) is 2.66. The Labute approximate surface area is 124 Å². The summed E-state index contributed by atoms with van der Waals surface area (Å²) in [4.78, 5) is 11.3. The van der Waals surface area contributed by atoms with E-state index < -0.39 is 5.97 Å². The van der Waals surface area contributed by atoms with Crippen molar-refractivity contribution >= 4 is 16.9 Å². The number of rotatable bonds is 7. The Balaban J connectivity index is 2.54. The molecular formula is C16H22N2O3. The molecule has 0 aliphatic rings. The number of aliphatic hydroxyl groups is 1. The maximum absolute atomic E-state index is 11.3. The lowest BCUT2D eigenvalue weighted by molar-refractivity contribution is 0.0696. The average Bonchev–Trinajstić information content (AvgIpc) is 2.78. The van der Waals surface area contributed by atoms with Gasteiger partial charge in [-0.3, -0.25) is 0 Å². The van der Waals surface area contributed by atoms with Gasteiger partial charge in [0.1, 0.15) is 0 Å². The maximum Gasteiger partial charge on any atom is 0.335 e. The molecule has 0 aliphatic carbocycles.